The van der Waals surface area contributed by atoms with Gasteiger partial charge < -0.3 is 15.0 Å². The van der Waals surface area contributed by atoms with Gasteiger partial charge in [0.1, 0.15) is 5.00 Å². The number of hydrogen-bond donors (Lipinski definition) is 1. The Hall–Kier alpha value is -1.92. The molecule has 0 bridgehead atoms. The number of rotatable bonds is 2. The largest absolute Gasteiger partial charge is 0.465 e. The summed E-state index contributed by atoms with van der Waals surface area (Å²) in [5.74, 6) is -0.265. The van der Waals surface area contributed by atoms with Crippen molar-refractivity contribution >= 4 is 45.3 Å². The molecule has 0 fully saturated rings. The summed E-state index contributed by atoms with van der Waals surface area (Å²) >= 11 is 7.42. The van der Waals surface area contributed by atoms with Crippen molar-refractivity contribution in [3.8, 4) is 0 Å². The van der Waals surface area contributed by atoms with Gasteiger partial charge in [0.15, 0.2) is 5.11 Å². The predicted molar refractivity (Wildman–Crippen MR) is 115 cm³/mol. The van der Waals surface area contributed by atoms with Crippen molar-refractivity contribution in [1.29, 1.82) is 0 Å². The molecule has 0 spiro atoms. The molecule has 0 radical (unpaired) electrons. The Kier molecular flexibility index (Phi) is 5.45. The summed E-state index contributed by atoms with van der Waals surface area (Å²) in [6.45, 7) is 0.890. The van der Waals surface area contributed by atoms with Gasteiger partial charge in [0.25, 0.3) is 0 Å². The lowest BCUT2D eigenvalue weighted by atomic mass is 10.0. The molecule has 0 unspecified atom stereocenters. The maximum absolute atomic E-state index is 12.5. The summed E-state index contributed by atoms with van der Waals surface area (Å²) in [5, 5.41) is 4.88. The Morgan fingerprint density at radius 2 is 1.96 bits per heavy atom. The van der Waals surface area contributed by atoms with E-state index in [4.69, 9.17) is 17.0 Å². The zero-order chi connectivity index (χ0) is 18.8. The summed E-state index contributed by atoms with van der Waals surface area (Å²) in [5.41, 5.74) is 4.34. The van der Waals surface area contributed by atoms with E-state index < -0.39 is 0 Å². The van der Waals surface area contributed by atoms with Gasteiger partial charge in [-0.05, 0) is 67.9 Å². The van der Waals surface area contributed by atoms with Crippen molar-refractivity contribution in [2.24, 2.45) is 0 Å². The third-order valence-corrected chi connectivity index (χ3v) is 6.92. The maximum atomic E-state index is 12.5. The van der Waals surface area contributed by atoms with E-state index in [-0.39, 0.29) is 5.97 Å². The predicted octanol–water partition coefficient (Wildman–Crippen LogP) is 4.95. The highest BCUT2D eigenvalue weighted by molar-refractivity contribution is 7.80. The molecule has 1 aliphatic carbocycles. The van der Waals surface area contributed by atoms with Crippen LogP contribution in [0.2, 0.25) is 0 Å². The SMILES string of the molecule is COC(=O)c1c(NC(=S)N2CCCc3ccccc32)sc2c1CCCCC2. The van der Waals surface area contributed by atoms with Gasteiger partial charge in [0, 0.05) is 17.1 Å². The molecule has 4 nitrogen and oxygen atoms in total. The molecule has 6 heteroatoms. The summed E-state index contributed by atoms with van der Waals surface area (Å²) in [4.78, 5) is 16.0. The van der Waals surface area contributed by atoms with Crippen molar-refractivity contribution in [2.75, 3.05) is 23.9 Å². The number of thiophene rings is 1. The number of hydrogen-bond acceptors (Lipinski definition) is 4. The Bertz CT molecular complexity index is 875. The van der Waals surface area contributed by atoms with E-state index in [0.29, 0.717) is 10.7 Å². The number of para-hydroxylation sites is 1. The molecule has 1 aromatic heterocycles. The second-order valence-corrected chi connectivity index (χ2v) is 8.57. The first kappa shape index (κ1) is 18.4. The van der Waals surface area contributed by atoms with Crippen molar-refractivity contribution in [3.63, 3.8) is 0 Å². The standard InChI is InChI=1S/C21H24N2O2S2/c1-25-20(24)18-15-10-3-2-4-12-17(15)27-19(18)22-21(26)23-13-7-9-14-8-5-6-11-16(14)23/h5-6,8,11H,2-4,7,9-10,12-13H2,1H3,(H,22,26). The van der Waals surface area contributed by atoms with E-state index in [1.165, 1.54) is 36.1 Å². The zero-order valence-electron chi connectivity index (χ0n) is 15.5. The first-order valence-electron chi connectivity index (χ1n) is 9.58. The molecule has 1 N–H and O–H groups in total. The van der Waals surface area contributed by atoms with E-state index in [1.54, 1.807) is 11.3 Å². The molecule has 142 valence electrons. The molecule has 27 heavy (non-hydrogen) atoms. The van der Waals surface area contributed by atoms with Crippen molar-refractivity contribution < 1.29 is 9.53 Å². The number of carbonyl (C=O) groups excluding carboxylic acids is 1. The van der Waals surface area contributed by atoms with Gasteiger partial charge in [0.2, 0.25) is 0 Å². The summed E-state index contributed by atoms with van der Waals surface area (Å²) in [6.07, 6.45) is 7.64. The quantitative estimate of drug-likeness (QED) is 0.439. The fourth-order valence-electron chi connectivity index (χ4n) is 4.06. The molecule has 0 saturated carbocycles. The van der Waals surface area contributed by atoms with Crippen molar-refractivity contribution in [1.82, 2.24) is 0 Å². The number of ether oxygens (including phenoxy) is 1. The summed E-state index contributed by atoms with van der Waals surface area (Å²) < 4.78 is 5.10. The lowest BCUT2D eigenvalue weighted by molar-refractivity contribution is 0.0601. The van der Waals surface area contributed by atoms with E-state index in [1.807, 2.05) is 6.07 Å². The van der Waals surface area contributed by atoms with Crippen LogP contribution in [0.4, 0.5) is 10.7 Å². The van der Waals surface area contributed by atoms with Gasteiger partial charge in [-0.1, -0.05) is 24.6 Å². The number of benzene rings is 1. The van der Waals surface area contributed by atoms with Crippen LogP contribution in [0, 0.1) is 0 Å². The van der Waals surface area contributed by atoms with Gasteiger partial charge in [-0.2, -0.15) is 0 Å². The first-order chi connectivity index (χ1) is 13.2. The molecule has 0 amide bonds. The van der Waals surface area contributed by atoms with Gasteiger partial charge >= 0.3 is 5.97 Å². The topological polar surface area (TPSA) is 41.6 Å². The number of aryl methyl sites for hydroxylation is 2. The number of nitrogens with one attached hydrogen (secondary N) is 1. The second kappa shape index (κ2) is 7.98. The minimum Gasteiger partial charge on any atom is -0.465 e. The fraction of sp³-hybridized carbons (Fsp3) is 0.429. The maximum Gasteiger partial charge on any atom is 0.341 e. The monoisotopic (exact) mass is 400 g/mol. The third-order valence-electron chi connectivity index (χ3n) is 5.39. The fourth-order valence-corrected chi connectivity index (χ4v) is 5.69. The van der Waals surface area contributed by atoms with E-state index in [2.05, 4.69) is 28.4 Å². The molecular formula is C21H24N2O2S2. The lowest BCUT2D eigenvalue weighted by Crippen LogP contribution is -2.38. The average Bonchev–Trinajstić information content (AvgIpc) is 2.87. The van der Waals surface area contributed by atoms with Crippen LogP contribution in [-0.4, -0.2) is 24.7 Å². The molecule has 2 aliphatic rings. The number of esters is 1. The van der Waals surface area contributed by atoms with Crippen LogP contribution in [0.5, 0.6) is 0 Å². The van der Waals surface area contributed by atoms with Crippen LogP contribution in [0.15, 0.2) is 24.3 Å². The zero-order valence-corrected chi connectivity index (χ0v) is 17.2. The smallest absolute Gasteiger partial charge is 0.341 e. The molecule has 2 heterocycles. The normalized spacial score (nSPS) is 16.1. The van der Waals surface area contributed by atoms with Crippen LogP contribution in [0.1, 0.15) is 52.0 Å². The highest BCUT2D eigenvalue weighted by atomic mass is 32.1. The highest BCUT2D eigenvalue weighted by Crippen LogP contribution is 2.38. The number of anilines is 2. The molecule has 4 rings (SSSR count). The van der Waals surface area contributed by atoms with Gasteiger partial charge in [0.05, 0.1) is 12.7 Å². The molecule has 1 aromatic carbocycles. The highest BCUT2D eigenvalue weighted by Gasteiger charge is 2.27. The molecule has 0 saturated heterocycles. The van der Waals surface area contributed by atoms with Crippen molar-refractivity contribution in [2.45, 2.75) is 44.9 Å². The Morgan fingerprint density at radius 3 is 2.81 bits per heavy atom. The van der Waals surface area contributed by atoms with E-state index >= 15 is 0 Å². The summed E-state index contributed by atoms with van der Waals surface area (Å²) in [6, 6.07) is 8.40. The van der Waals surface area contributed by atoms with E-state index in [0.717, 1.165) is 49.2 Å². The number of methoxy groups -OCH3 is 1. The van der Waals surface area contributed by atoms with E-state index in [9.17, 15) is 4.79 Å². The number of fused-ring (bicyclic) bond motifs is 2. The first-order valence-corrected chi connectivity index (χ1v) is 10.8. The van der Waals surface area contributed by atoms with Crippen LogP contribution >= 0.6 is 23.6 Å². The van der Waals surface area contributed by atoms with Gasteiger partial charge in [-0.3, -0.25) is 0 Å². The summed E-state index contributed by atoms with van der Waals surface area (Å²) in [7, 11) is 1.45. The Morgan fingerprint density at radius 1 is 1.15 bits per heavy atom. The van der Waals surface area contributed by atoms with Gasteiger partial charge in [-0.15, -0.1) is 11.3 Å². The Balaban J connectivity index is 1.65. The minimum atomic E-state index is -0.265. The average molecular weight is 401 g/mol. The van der Waals surface area contributed by atoms with Crippen LogP contribution in [-0.2, 0) is 24.0 Å². The minimum absolute atomic E-state index is 0.265. The van der Waals surface area contributed by atoms with Crippen LogP contribution in [0.3, 0.4) is 0 Å². The number of carbonyl (C=O) groups is 1. The lowest BCUT2D eigenvalue weighted by Gasteiger charge is -2.31. The molecule has 0 atom stereocenters. The molecular weight excluding hydrogens is 376 g/mol. The number of thiocarbonyl (C=S) groups is 1. The van der Waals surface area contributed by atoms with Gasteiger partial charge in [-0.25, -0.2) is 4.79 Å². The molecule has 1 aliphatic heterocycles. The Labute approximate surface area is 169 Å². The number of nitrogens with zero attached hydrogens (tertiary/aromatic N) is 1. The second-order valence-electron chi connectivity index (χ2n) is 7.07. The third kappa shape index (κ3) is 3.60. The van der Waals surface area contributed by atoms with Crippen LogP contribution < -0.4 is 10.2 Å². The van der Waals surface area contributed by atoms with Crippen LogP contribution in [0.25, 0.3) is 0 Å². The van der Waals surface area contributed by atoms with Crippen molar-refractivity contribution in [3.05, 3.63) is 45.8 Å². The molecule has 2 aromatic rings.